The van der Waals surface area contributed by atoms with Crippen molar-refractivity contribution in [2.75, 3.05) is 21.3 Å². The lowest BCUT2D eigenvalue weighted by Gasteiger charge is -2.23. The summed E-state index contributed by atoms with van der Waals surface area (Å²) in [6, 6.07) is 18.6. The summed E-state index contributed by atoms with van der Waals surface area (Å²) in [6.45, 7) is 6.51. The molecule has 14 heteroatoms. The van der Waals surface area contributed by atoms with Crippen LogP contribution >= 0.6 is 11.8 Å². The number of carbonyl (C=O) groups excluding carboxylic acids is 1. The average molecular weight is 626 g/mol. The van der Waals surface area contributed by atoms with Crippen LogP contribution in [0.25, 0.3) is 5.69 Å². The van der Waals surface area contributed by atoms with E-state index in [1.165, 1.54) is 47.0 Å². The van der Waals surface area contributed by atoms with Crippen LogP contribution in [0.5, 0.6) is 5.75 Å². The Hall–Kier alpha value is -4.56. The molecule has 0 spiro atoms. The number of amides is 1. The minimum absolute atomic E-state index is 0.0851. The smallest absolute Gasteiger partial charge is 0.406 e. The van der Waals surface area contributed by atoms with Crippen LogP contribution in [0.15, 0.2) is 78.0 Å². The van der Waals surface area contributed by atoms with Gasteiger partial charge in [0.1, 0.15) is 12.1 Å². The van der Waals surface area contributed by atoms with Crippen LogP contribution < -0.4 is 20.3 Å². The second-order valence-corrected chi connectivity index (χ2v) is 11.2. The van der Waals surface area contributed by atoms with E-state index in [0.29, 0.717) is 29.0 Å². The van der Waals surface area contributed by atoms with E-state index in [9.17, 15) is 23.1 Å². The number of aliphatic imine (C=N–C) groups is 1. The highest BCUT2D eigenvalue weighted by Crippen LogP contribution is 2.34. The number of carbonyl (C=O) groups is 1. The summed E-state index contributed by atoms with van der Waals surface area (Å²) in [5, 5.41) is 21.5. The Bertz CT molecular complexity index is 1640. The van der Waals surface area contributed by atoms with E-state index in [0.717, 1.165) is 22.4 Å². The van der Waals surface area contributed by atoms with E-state index in [1.807, 2.05) is 37.3 Å². The van der Waals surface area contributed by atoms with Crippen LogP contribution in [0.2, 0.25) is 0 Å². The lowest BCUT2D eigenvalue weighted by atomic mass is 9.99. The number of nitrogens with one attached hydrogen (secondary N) is 2. The molecule has 1 atom stereocenters. The maximum atomic E-state index is 12.8. The van der Waals surface area contributed by atoms with Gasteiger partial charge >= 0.3 is 6.36 Å². The Morgan fingerprint density at radius 3 is 2.50 bits per heavy atom. The van der Waals surface area contributed by atoms with Gasteiger partial charge in [0.05, 0.1) is 17.1 Å². The maximum absolute atomic E-state index is 12.8. The summed E-state index contributed by atoms with van der Waals surface area (Å²) in [5.74, 6) is 0.370. The van der Waals surface area contributed by atoms with Gasteiger partial charge in [-0.05, 0) is 72.0 Å². The molecule has 1 aliphatic heterocycles. The summed E-state index contributed by atoms with van der Waals surface area (Å²) in [7, 11) is 0. The molecule has 1 amide bonds. The molecule has 0 radical (unpaired) electrons. The van der Waals surface area contributed by atoms with Gasteiger partial charge in [0.15, 0.2) is 5.17 Å². The van der Waals surface area contributed by atoms with Gasteiger partial charge < -0.3 is 20.5 Å². The number of aryl methyl sites for hydroxylation is 1. The Labute approximate surface area is 256 Å². The summed E-state index contributed by atoms with van der Waals surface area (Å²) in [6.07, 6.45) is -4.59. The number of aliphatic hydroxyl groups excluding tert-OH is 1. The first-order valence-corrected chi connectivity index (χ1v) is 14.6. The van der Waals surface area contributed by atoms with E-state index >= 15 is 0 Å². The highest BCUT2D eigenvalue weighted by molar-refractivity contribution is 8.15. The van der Waals surface area contributed by atoms with Gasteiger partial charge in [-0.25, -0.2) is 14.7 Å². The molecular weight excluding hydrogens is 595 g/mol. The van der Waals surface area contributed by atoms with Crippen LogP contribution in [-0.2, 0) is 11.3 Å². The number of thioether (sulfide) groups is 1. The zero-order valence-electron chi connectivity index (χ0n) is 24.0. The van der Waals surface area contributed by atoms with Gasteiger partial charge in [-0.2, -0.15) is 0 Å². The quantitative estimate of drug-likeness (QED) is 0.183. The van der Waals surface area contributed by atoms with Gasteiger partial charge in [-0.1, -0.05) is 49.9 Å². The largest absolute Gasteiger partial charge is 0.573 e. The topological polar surface area (TPSA) is 117 Å². The molecule has 1 aromatic heterocycles. The third-order valence-electron chi connectivity index (χ3n) is 6.57. The zero-order chi connectivity index (χ0) is 31.4. The SMILES string of the molecule is Cc1ccc(C(C)C)c(N2C(=O)CSC2=NC(O)Nc2ccc(CNc3ncn(-c4ccc(OC(F)(F)F)cc4)n3)cc2)c1. The molecule has 1 aliphatic rings. The molecule has 0 saturated carbocycles. The number of amidine groups is 1. The Balaban J connectivity index is 1.18. The summed E-state index contributed by atoms with van der Waals surface area (Å²) < 4.78 is 42.4. The van der Waals surface area contributed by atoms with Gasteiger partial charge in [-0.15, -0.1) is 18.3 Å². The average Bonchev–Trinajstić information content (AvgIpc) is 3.58. The van der Waals surface area contributed by atoms with Crippen molar-refractivity contribution in [2.45, 2.75) is 45.9 Å². The molecule has 5 rings (SSSR count). The number of rotatable bonds is 10. The molecule has 230 valence electrons. The first-order chi connectivity index (χ1) is 20.9. The van der Waals surface area contributed by atoms with E-state index in [2.05, 4.69) is 44.3 Å². The highest BCUT2D eigenvalue weighted by atomic mass is 32.2. The number of alkyl halides is 3. The van der Waals surface area contributed by atoms with Crippen LogP contribution in [-0.4, -0.2) is 49.4 Å². The fraction of sp³-hybridized carbons (Fsp3) is 0.267. The van der Waals surface area contributed by atoms with Crippen molar-refractivity contribution in [3.05, 3.63) is 89.7 Å². The number of anilines is 3. The van der Waals surface area contributed by atoms with E-state index in [4.69, 9.17) is 0 Å². The van der Waals surface area contributed by atoms with Gasteiger partial charge in [0.25, 0.3) is 0 Å². The van der Waals surface area contributed by atoms with Crippen molar-refractivity contribution in [1.29, 1.82) is 0 Å². The number of ether oxygens (including phenoxy) is 1. The van der Waals surface area contributed by atoms with Crippen molar-refractivity contribution < 1.29 is 27.8 Å². The van der Waals surface area contributed by atoms with E-state index in [-0.39, 0.29) is 23.3 Å². The number of aromatic nitrogens is 3. The summed E-state index contributed by atoms with van der Waals surface area (Å²) >= 11 is 1.29. The monoisotopic (exact) mass is 625 g/mol. The molecule has 0 aliphatic carbocycles. The third kappa shape index (κ3) is 7.68. The lowest BCUT2D eigenvalue weighted by molar-refractivity contribution is -0.274. The fourth-order valence-corrected chi connectivity index (χ4v) is 5.37. The van der Waals surface area contributed by atoms with Gasteiger partial charge in [0.2, 0.25) is 18.2 Å². The summed E-state index contributed by atoms with van der Waals surface area (Å²) in [4.78, 5) is 23.0. The lowest BCUT2D eigenvalue weighted by Crippen LogP contribution is -2.32. The standard InChI is InChI=1S/C30H30F3N7O3S/c1-18(2)24-13-4-19(3)14-25(24)40-26(41)16-44-29(40)37-28(42)36-21-7-5-20(6-8-21)15-34-27-35-17-39(38-27)22-9-11-23(12-10-22)43-30(31,32)33/h4-14,17-18,28,36,42H,15-16H2,1-3H3,(H,34,38). The van der Waals surface area contributed by atoms with Crippen molar-refractivity contribution in [3.63, 3.8) is 0 Å². The number of benzene rings is 3. The summed E-state index contributed by atoms with van der Waals surface area (Å²) in [5.41, 5.74) is 4.89. The van der Waals surface area contributed by atoms with Crippen molar-refractivity contribution in [3.8, 4) is 11.4 Å². The second-order valence-electron chi connectivity index (χ2n) is 10.3. The van der Waals surface area contributed by atoms with Crippen molar-refractivity contribution >= 4 is 40.2 Å². The van der Waals surface area contributed by atoms with Gasteiger partial charge in [0, 0.05) is 12.2 Å². The number of aliphatic hydroxyl groups is 1. The van der Waals surface area contributed by atoms with Crippen LogP contribution in [0.3, 0.4) is 0 Å². The molecule has 10 nitrogen and oxygen atoms in total. The molecule has 44 heavy (non-hydrogen) atoms. The maximum Gasteiger partial charge on any atom is 0.573 e. The minimum atomic E-state index is -4.76. The number of nitrogens with zero attached hydrogens (tertiary/aromatic N) is 5. The number of halogens is 3. The third-order valence-corrected chi connectivity index (χ3v) is 7.51. The molecule has 3 N–H and O–H groups in total. The fourth-order valence-electron chi connectivity index (χ4n) is 4.48. The Kier molecular flexibility index (Phi) is 9.11. The van der Waals surface area contributed by atoms with Crippen LogP contribution in [0, 0.1) is 6.92 Å². The van der Waals surface area contributed by atoms with Crippen molar-refractivity contribution in [2.24, 2.45) is 4.99 Å². The Morgan fingerprint density at radius 2 is 1.82 bits per heavy atom. The molecule has 3 aromatic carbocycles. The second kappa shape index (κ2) is 13.0. The minimum Gasteiger partial charge on any atom is -0.406 e. The highest BCUT2D eigenvalue weighted by Gasteiger charge is 2.32. The predicted molar refractivity (Wildman–Crippen MR) is 164 cm³/mol. The van der Waals surface area contributed by atoms with Crippen LogP contribution in [0.1, 0.15) is 36.5 Å². The molecule has 0 bridgehead atoms. The van der Waals surface area contributed by atoms with Crippen LogP contribution in [0.4, 0.5) is 30.5 Å². The first-order valence-electron chi connectivity index (χ1n) is 13.6. The molecular formula is C30H30F3N7O3S. The molecule has 2 heterocycles. The van der Waals surface area contributed by atoms with Crippen molar-refractivity contribution in [1.82, 2.24) is 14.8 Å². The Morgan fingerprint density at radius 1 is 1.09 bits per heavy atom. The molecule has 1 unspecified atom stereocenters. The molecule has 4 aromatic rings. The molecule has 1 fully saturated rings. The normalized spacial score (nSPS) is 15.2. The predicted octanol–water partition coefficient (Wildman–Crippen LogP) is 6.03. The van der Waals surface area contributed by atoms with E-state index in [1.54, 1.807) is 17.0 Å². The number of hydrogen-bond donors (Lipinski definition) is 3. The zero-order valence-corrected chi connectivity index (χ0v) is 24.9. The number of hydrogen-bond acceptors (Lipinski definition) is 9. The van der Waals surface area contributed by atoms with Gasteiger partial charge in [-0.3, -0.25) is 9.69 Å². The first kappa shape index (κ1) is 30.9. The molecule has 1 saturated heterocycles. The van der Waals surface area contributed by atoms with E-state index < -0.39 is 12.7 Å².